The van der Waals surface area contributed by atoms with Crippen molar-refractivity contribution in [3.8, 4) is 0 Å². The van der Waals surface area contributed by atoms with Gasteiger partial charge in [0.05, 0.1) is 0 Å². The van der Waals surface area contributed by atoms with Crippen molar-refractivity contribution in [1.29, 1.82) is 0 Å². The minimum atomic E-state index is 0.739. The molecule has 108 valence electrons. The molecule has 0 spiro atoms. The molecule has 3 heteroatoms. The summed E-state index contributed by atoms with van der Waals surface area (Å²) in [6.45, 7) is 8.77. The standard InChI is InChI=1S/C16H27ClN2/c1-14(2)12-18-10-6-7-11-19(3)13-15-8-4-5-9-16(15)17/h4-5,8-9,14,18H,6-7,10-13H2,1-3H3. The Morgan fingerprint density at radius 1 is 1.21 bits per heavy atom. The van der Waals surface area contributed by atoms with Crippen LogP contribution in [0.15, 0.2) is 24.3 Å². The molecule has 0 aromatic heterocycles. The van der Waals surface area contributed by atoms with Gasteiger partial charge in [-0.2, -0.15) is 0 Å². The van der Waals surface area contributed by atoms with Gasteiger partial charge >= 0.3 is 0 Å². The highest BCUT2D eigenvalue weighted by atomic mass is 35.5. The first-order valence-electron chi connectivity index (χ1n) is 7.22. The van der Waals surface area contributed by atoms with Crippen LogP contribution in [0.4, 0.5) is 0 Å². The zero-order valence-corrected chi connectivity index (χ0v) is 13.2. The highest BCUT2D eigenvalue weighted by molar-refractivity contribution is 6.31. The number of hydrogen-bond acceptors (Lipinski definition) is 2. The van der Waals surface area contributed by atoms with Gasteiger partial charge in [-0.3, -0.25) is 0 Å². The molecule has 0 atom stereocenters. The minimum Gasteiger partial charge on any atom is -0.316 e. The molecule has 0 heterocycles. The maximum atomic E-state index is 6.16. The largest absolute Gasteiger partial charge is 0.316 e. The van der Waals surface area contributed by atoms with Crippen LogP contribution in [0.5, 0.6) is 0 Å². The fourth-order valence-electron chi connectivity index (χ4n) is 2.02. The molecule has 0 fully saturated rings. The van der Waals surface area contributed by atoms with Crippen LogP contribution in [0, 0.1) is 5.92 Å². The summed E-state index contributed by atoms with van der Waals surface area (Å²) in [6.07, 6.45) is 2.46. The Morgan fingerprint density at radius 3 is 2.63 bits per heavy atom. The van der Waals surface area contributed by atoms with E-state index in [1.54, 1.807) is 0 Å². The molecule has 0 saturated heterocycles. The number of halogens is 1. The summed E-state index contributed by atoms with van der Waals surface area (Å²) in [5, 5.41) is 4.35. The van der Waals surface area contributed by atoms with Gasteiger partial charge in [-0.25, -0.2) is 0 Å². The summed E-state index contributed by atoms with van der Waals surface area (Å²) in [6, 6.07) is 8.08. The van der Waals surface area contributed by atoms with Crippen molar-refractivity contribution in [3.05, 3.63) is 34.9 Å². The summed E-state index contributed by atoms with van der Waals surface area (Å²) >= 11 is 6.16. The Labute approximate surface area is 123 Å². The van der Waals surface area contributed by atoms with Gasteiger partial charge < -0.3 is 10.2 Å². The van der Waals surface area contributed by atoms with Crippen molar-refractivity contribution in [1.82, 2.24) is 10.2 Å². The van der Waals surface area contributed by atoms with E-state index in [-0.39, 0.29) is 0 Å². The summed E-state index contributed by atoms with van der Waals surface area (Å²) in [5.74, 6) is 0.739. The van der Waals surface area contributed by atoms with Crippen LogP contribution in [-0.4, -0.2) is 31.6 Å². The van der Waals surface area contributed by atoms with Gasteiger partial charge in [0, 0.05) is 11.6 Å². The Bertz CT molecular complexity index is 352. The molecule has 0 saturated carbocycles. The third kappa shape index (κ3) is 7.56. The molecule has 1 rings (SSSR count). The van der Waals surface area contributed by atoms with E-state index in [4.69, 9.17) is 11.6 Å². The molecule has 0 bridgehead atoms. The second-order valence-electron chi connectivity index (χ2n) is 5.63. The first kappa shape index (κ1) is 16.5. The number of nitrogens with one attached hydrogen (secondary N) is 1. The molecule has 1 N–H and O–H groups in total. The van der Waals surface area contributed by atoms with Crippen LogP contribution in [0.25, 0.3) is 0 Å². The molecular weight excluding hydrogens is 256 g/mol. The Balaban J connectivity index is 2.11. The highest BCUT2D eigenvalue weighted by Gasteiger charge is 2.03. The van der Waals surface area contributed by atoms with E-state index in [2.05, 4.69) is 37.2 Å². The average molecular weight is 283 g/mol. The molecule has 1 aromatic carbocycles. The van der Waals surface area contributed by atoms with Crippen LogP contribution in [0.1, 0.15) is 32.3 Å². The number of rotatable bonds is 9. The zero-order valence-electron chi connectivity index (χ0n) is 12.5. The van der Waals surface area contributed by atoms with E-state index in [0.717, 1.165) is 37.1 Å². The number of nitrogens with zero attached hydrogens (tertiary/aromatic N) is 1. The van der Waals surface area contributed by atoms with Crippen molar-refractivity contribution >= 4 is 11.6 Å². The van der Waals surface area contributed by atoms with Crippen molar-refractivity contribution in [3.63, 3.8) is 0 Å². The van der Waals surface area contributed by atoms with Gasteiger partial charge in [0.15, 0.2) is 0 Å². The molecule has 19 heavy (non-hydrogen) atoms. The lowest BCUT2D eigenvalue weighted by Gasteiger charge is -2.17. The first-order valence-corrected chi connectivity index (χ1v) is 7.60. The molecular formula is C16H27ClN2. The molecule has 1 aromatic rings. The molecule has 0 aliphatic heterocycles. The Morgan fingerprint density at radius 2 is 1.95 bits per heavy atom. The van der Waals surface area contributed by atoms with E-state index >= 15 is 0 Å². The van der Waals surface area contributed by atoms with Crippen molar-refractivity contribution in [2.24, 2.45) is 5.92 Å². The van der Waals surface area contributed by atoms with Gasteiger partial charge in [-0.1, -0.05) is 43.6 Å². The summed E-state index contributed by atoms with van der Waals surface area (Å²) in [5.41, 5.74) is 1.21. The van der Waals surface area contributed by atoms with Crippen LogP contribution < -0.4 is 5.32 Å². The highest BCUT2D eigenvalue weighted by Crippen LogP contribution is 2.16. The smallest absolute Gasteiger partial charge is 0.0451 e. The van der Waals surface area contributed by atoms with Gasteiger partial charge in [-0.15, -0.1) is 0 Å². The predicted molar refractivity (Wildman–Crippen MR) is 84.7 cm³/mol. The quantitative estimate of drug-likeness (QED) is 0.693. The SMILES string of the molecule is CC(C)CNCCCCN(C)Cc1ccccc1Cl. The molecule has 0 aliphatic carbocycles. The Hall–Kier alpha value is -0.570. The fourth-order valence-corrected chi connectivity index (χ4v) is 2.21. The third-order valence-corrected chi connectivity index (χ3v) is 3.46. The van der Waals surface area contributed by atoms with Gasteiger partial charge in [0.2, 0.25) is 0 Å². The summed E-state index contributed by atoms with van der Waals surface area (Å²) < 4.78 is 0. The minimum absolute atomic E-state index is 0.739. The fraction of sp³-hybridized carbons (Fsp3) is 0.625. The normalized spacial score (nSPS) is 11.5. The van der Waals surface area contributed by atoms with Crippen LogP contribution in [-0.2, 0) is 6.54 Å². The maximum absolute atomic E-state index is 6.16. The summed E-state index contributed by atoms with van der Waals surface area (Å²) in [7, 11) is 2.16. The van der Waals surface area contributed by atoms with E-state index in [1.165, 1.54) is 18.4 Å². The lowest BCUT2D eigenvalue weighted by molar-refractivity contribution is 0.317. The second kappa shape index (κ2) is 9.35. The third-order valence-electron chi connectivity index (χ3n) is 3.09. The predicted octanol–water partition coefficient (Wildman–Crippen LogP) is 3.80. The lowest BCUT2D eigenvalue weighted by atomic mass is 10.2. The van der Waals surface area contributed by atoms with Crippen molar-refractivity contribution in [2.75, 3.05) is 26.7 Å². The molecule has 0 radical (unpaired) electrons. The van der Waals surface area contributed by atoms with E-state index in [0.29, 0.717) is 0 Å². The average Bonchev–Trinajstić information content (AvgIpc) is 2.36. The molecule has 0 amide bonds. The number of unbranched alkanes of at least 4 members (excludes halogenated alkanes) is 1. The summed E-state index contributed by atoms with van der Waals surface area (Å²) in [4.78, 5) is 2.34. The van der Waals surface area contributed by atoms with E-state index in [9.17, 15) is 0 Å². The van der Waals surface area contributed by atoms with Crippen LogP contribution in [0.2, 0.25) is 5.02 Å². The van der Waals surface area contributed by atoms with E-state index < -0.39 is 0 Å². The van der Waals surface area contributed by atoms with Crippen LogP contribution >= 0.6 is 11.6 Å². The number of hydrogen-bond donors (Lipinski definition) is 1. The van der Waals surface area contributed by atoms with Gasteiger partial charge in [0.1, 0.15) is 0 Å². The van der Waals surface area contributed by atoms with Gasteiger partial charge in [0.25, 0.3) is 0 Å². The van der Waals surface area contributed by atoms with Crippen molar-refractivity contribution < 1.29 is 0 Å². The lowest BCUT2D eigenvalue weighted by Crippen LogP contribution is -2.23. The van der Waals surface area contributed by atoms with E-state index in [1.807, 2.05) is 18.2 Å². The second-order valence-corrected chi connectivity index (χ2v) is 6.04. The monoisotopic (exact) mass is 282 g/mol. The topological polar surface area (TPSA) is 15.3 Å². The van der Waals surface area contributed by atoms with Crippen molar-refractivity contribution in [2.45, 2.75) is 33.2 Å². The number of benzene rings is 1. The molecule has 0 aliphatic rings. The van der Waals surface area contributed by atoms with Gasteiger partial charge in [-0.05, 0) is 57.1 Å². The molecule has 0 unspecified atom stereocenters. The van der Waals surface area contributed by atoms with Crippen LogP contribution in [0.3, 0.4) is 0 Å². The maximum Gasteiger partial charge on any atom is 0.0451 e. The zero-order chi connectivity index (χ0) is 14.1. The first-order chi connectivity index (χ1) is 9.09. The molecule has 2 nitrogen and oxygen atoms in total. The Kier molecular flexibility index (Phi) is 8.11.